The minimum atomic E-state index is 0.668. The lowest BCUT2D eigenvalue weighted by atomic mass is 10.0. The zero-order chi connectivity index (χ0) is 11.7. The van der Waals surface area contributed by atoms with Crippen LogP contribution in [0.25, 0.3) is 10.9 Å². The van der Waals surface area contributed by atoms with Crippen molar-refractivity contribution in [1.29, 1.82) is 5.26 Å². The van der Waals surface area contributed by atoms with E-state index in [0.717, 1.165) is 27.8 Å². The predicted molar refractivity (Wildman–Crippen MR) is 65.5 cm³/mol. The Bertz CT molecular complexity index is 594. The van der Waals surface area contributed by atoms with E-state index in [1.807, 2.05) is 19.9 Å². The fourth-order valence-corrected chi connectivity index (χ4v) is 1.90. The molecule has 1 aromatic carbocycles. The molecule has 0 bridgehead atoms. The fraction of sp³-hybridized carbons (Fsp3) is 0.231. The number of benzene rings is 1. The van der Waals surface area contributed by atoms with Gasteiger partial charge in [-0.1, -0.05) is 11.6 Å². The molecular formula is C13H13N3. The van der Waals surface area contributed by atoms with Gasteiger partial charge in [0.1, 0.15) is 5.82 Å². The van der Waals surface area contributed by atoms with Crippen LogP contribution in [0.4, 0.5) is 5.82 Å². The molecule has 1 N–H and O–H groups in total. The average molecular weight is 211 g/mol. The van der Waals surface area contributed by atoms with Crippen molar-refractivity contribution in [2.45, 2.75) is 13.8 Å². The summed E-state index contributed by atoms with van der Waals surface area (Å²) in [6.07, 6.45) is 0. The van der Waals surface area contributed by atoms with Crippen LogP contribution in [0.2, 0.25) is 0 Å². The number of rotatable bonds is 1. The summed E-state index contributed by atoms with van der Waals surface area (Å²) in [5, 5.41) is 13.0. The Kier molecular flexibility index (Phi) is 2.49. The summed E-state index contributed by atoms with van der Waals surface area (Å²) in [6, 6.07) is 8.08. The molecule has 1 heterocycles. The molecule has 0 aliphatic carbocycles. The number of fused-ring (bicyclic) bond motifs is 1. The molecule has 0 saturated carbocycles. The molecule has 80 valence electrons. The van der Waals surface area contributed by atoms with Gasteiger partial charge in [0, 0.05) is 12.4 Å². The van der Waals surface area contributed by atoms with Crippen molar-refractivity contribution in [3.8, 4) is 6.07 Å². The largest absolute Gasteiger partial charge is 0.373 e. The maximum absolute atomic E-state index is 9.13. The Morgan fingerprint density at radius 3 is 2.62 bits per heavy atom. The van der Waals surface area contributed by atoms with E-state index < -0.39 is 0 Å². The number of nitriles is 1. The molecule has 0 radical (unpaired) electrons. The van der Waals surface area contributed by atoms with Crippen LogP contribution in [-0.4, -0.2) is 12.0 Å². The van der Waals surface area contributed by atoms with Gasteiger partial charge in [0.05, 0.1) is 17.1 Å². The first kappa shape index (κ1) is 10.4. The summed E-state index contributed by atoms with van der Waals surface area (Å²) in [5.41, 5.74) is 3.82. The van der Waals surface area contributed by atoms with E-state index in [9.17, 15) is 0 Å². The van der Waals surface area contributed by atoms with Gasteiger partial charge in [-0.2, -0.15) is 5.26 Å². The normalized spacial score (nSPS) is 10.1. The SMILES string of the molecule is CNc1cc(C#N)c2cc(C)cc(C)c2n1. The number of aromatic nitrogens is 1. The summed E-state index contributed by atoms with van der Waals surface area (Å²) in [4.78, 5) is 4.48. The van der Waals surface area contributed by atoms with Crippen LogP contribution in [0.15, 0.2) is 18.2 Å². The number of aryl methyl sites for hydroxylation is 2. The lowest BCUT2D eigenvalue weighted by Crippen LogP contribution is -1.96. The van der Waals surface area contributed by atoms with Crippen LogP contribution in [0.5, 0.6) is 0 Å². The van der Waals surface area contributed by atoms with Crippen molar-refractivity contribution >= 4 is 16.7 Å². The van der Waals surface area contributed by atoms with Crippen LogP contribution >= 0.6 is 0 Å². The van der Waals surface area contributed by atoms with Gasteiger partial charge in [0.25, 0.3) is 0 Å². The number of hydrogen-bond donors (Lipinski definition) is 1. The summed E-state index contributed by atoms with van der Waals surface area (Å²) >= 11 is 0. The highest BCUT2D eigenvalue weighted by Crippen LogP contribution is 2.24. The summed E-state index contributed by atoms with van der Waals surface area (Å²) in [5.74, 6) is 0.732. The molecule has 2 aromatic rings. The smallest absolute Gasteiger partial charge is 0.127 e. The average Bonchev–Trinajstić information content (AvgIpc) is 2.28. The van der Waals surface area contributed by atoms with Gasteiger partial charge in [-0.25, -0.2) is 4.98 Å². The highest BCUT2D eigenvalue weighted by atomic mass is 15.0. The number of hydrogen-bond acceptors (Lipinski definition) is 3. The van der Waals surface area contributed by atoms with E-state index >= 15 is 0 Å². The molecule has 3 nitrogen and oxygen atoms in total. The van der Waals surface area contributed by atoms with Gasteiger partial charge < -0.3 is 5.32 Å². The summed E-state index contributed by atoms with van der Waals surface area (Å²) in [7, 11) is 1.80. The fourth-order valence-electron chi connectivity index (χ4n) is 1.90. The molecule has 0 amide bonds. The van der Waals surface area contributed by atoms with Crippen LogP contribution < -0.4 is 5.32 Å². The molecule has 16 heavy (non-hydrogen) atoms. The third-order valence-corrected chi connectivity index (χ3v) is 2.62. The standard InChI is InChI=1S/C13H13N3/c1-8-4-9(2)13-11(5-8)10(7-14)6-12(15-3)16-13/h4-6H,1-3H3,(H,15,16). The van der Waals surface area contributed by atoms with Crippen molar-refractivity contribution in [3.05, 3.63) is 34.9 Å². The topological polar surface area (TPSA) is 48.7 Å². The van der Waals surface area contributed by atoms with Crippen LogP contribution in [0, 0.1) is 25.2 Å². The minimum absolute atomic E-state index is 0.668. The van der Waals surface area contributed by atoms with Crippen LogP contribution in [0.3, 0.4) is 0 Å². The molecule has 0 saturated heterocycles. The van der Waals surface area contributed by atoms with E-state index in [0.29, 0.717) is 5.56 Å². The van der Waals surface area contributed by atoms with E-state index in [1.165, 1.54) is 0 Å². The van der Waals surface area contributed by atoms with Gasteiger partial charge in [0.2, 0.25) is 0 Å². The van der Waals surface area contributed by atoms with Crippen LogP contribution in [0.1, 0.15) is 16.7 Å². The second-order valence-electron chi connectivity index (χ2n) is 3.89. The number of anilines is 1. The molecule has 0 unspecified atom stereocenters. The second kappa shape index (κ2) is 3.82. The lowest BCUT2D eigenvalue weighted by molar-refractivity contribution is 1.30. The Labute approximate surface area is 94.7 Å². The first-order valence-corrected chi connectivity index (χ1v) is 5.15. The first-order valence-electron chi connectivity index (χ1n) is 5.15. The third-order valence-electron chi connectivity index (χ3n) is 2.62. The number of pyridine rings is 1. The summed E-state index contributed by atoms with van der Waals surface area (Å²) in [6.45, 7) is 4.04. The molecular weight excluding hydrogens is 198 g/mol. The Morgan fingerprint density at radius 2 is 2.00 bits per heavy atom. The molecule has 1 aromatic heterocycles. The van der Waals surface area contributed by atoms with Gasteiger partial charge >= 0.3 is 0 Å². The van der Waals surface area contributed by atoms with Gasteiger partial charge in [0.15, 0.2) is 0 Å². The number of nitrogens with zero attached hydrogens (tertiary/aromatic N) is 2. The van der Waals surface area contributed by atoms with Crippen molar-refractivity contribution in [2.24, 2.45) is 0 Å². The molecule has 0 spiro atoms. The third kappa shape index (κ3) is 1.59. The Balaban J connectivity index is 2.91. The predicted octanol–water partition coefficient (Wildman–Crippen LogP) is 2.77. The number of nitrogens with one attached hydrogen (secondary N) is 1. The highest BCUT2D eigenvalue weighted by molar-refractivity contribution is 5.89. The molecule has 2 rings (SSSR count). The maximum atomic E-state index is 9.13. The van der Waals surface area contributed by atoms with Crippen molar-refractivity contribution in [3.63, 3.8) is 0 Å². The first-order chi connectivity index (χ1) is 7.65. The van der Waals surface area contributed by atoms with Crippen LogP contribution in [-0.2, 0) is 0 Å². The van der Waals surface area contributed by atoms with E-state index in [-0.39, 0.29) is 0 Å². The van der Waals surface area contributed by atoms with Gasteiger partial charge in [-0.15, -0.1) is 0 Å². The summed E-state index contributed by atoms with van der Waals surface area (Å²) < 4.78 is 0. The molecule has 0 aliphatic rings. The minimum Gasteiger partial charge on any atom is -0.373 e. The van der Waals surface area contributed by atoms with Crippen molar-refractivity contribution in [2.75, 3.05) is 12.4 Å². The monoisotopic (exact) mass is 211 g/mol. The Hall–Kier alpha value is -2.08. The van der Waals surface area contributed by atoms with E-state index in [1.54, 1.807) is 13.1 Å². The molecule has 0 fully saturated rings. The van der Waals surface area contributed by atoms with E-state index in [2.05, 4.69) is 22.4 Å². The van der Waals surface area contributed by atoms with Crippen molar-refractivity contribution in [1.82, 2.24) is 4.98 Å². The highest BCUT2D eigenvalue weighted by Gasteiger charge is 2.07. The Morgan fingerprint density at radius 1 is 1.25 bits per heavy atom. The van der Waals surface area contributed by atoms with E-state index in [4.69, 9.17) is 5.26 Å². The zero-order valence-corrected chi connectivity index (χ0v) is 9.63. The molecule has 0 aliphatic heterocycles. The van der Waals surface area contributed by atoms with Crippen molar-refractivity contribution < 1.29 is 0 Å². The lowest BCUT2D eigenvalue weighted by Gasteiger charge is -2.08. The zero-order valence-electron chi connectivity index (χ0n) is 9.63. The van der Waals surface area contributed by atoms with Gasteiger partial charge in [-0.05, 0) is 31.5 Å². The van der Waals surface area contributed by atoms with Gasteiger partial charge in [-0.3, -0.25) is 0 Å². The molecule has 0 atom stereocenters. The maximum Gasteiger partial charge on any atom is 0.127 e. The quantitative estimate of drug-likeness (QED) is 0.789. The molecule has 3 heteroatoms. The second-order valence-corrected chi connectivity index (χ2v) is 3.89.